The average molecular weight is 497 g/mol. The van der Waals surface area contributed by atoms with E-state index in [2.05, 4.69) is 15.2 Å². The molecule has 1 saturated carbocycles. The van der Waals surface area contributed by atoms with E-state index < -0.39 is 5.60 Å². The number of morpholine rings is 1. The second-order valence-corrected chi connectivity index (χ2v) is 7.91. The van der Waals surface area contributed by atoms with Gasteiger partial charge in [0.2, 0.25) is 0 Å². The van der Waals surface area contributed by atoms with E-state index >= 15 is 0 Å². The van der Waals surface area contributed by atoms with Gasteiger partial charge in [-0.1, -0.05) is 0 Å². The normalized spacial score (nSPS) is 18.6. The van der Waals surface area contributed by atoms with Crippen molar-refractivity contribution in [3.63, 3.8) is 0 Å². The first-order chi connectivity index (χ1) is 12.3. The van der Waals surface area contributed by atoms with Gasteiger partial charge in [-0.25, -0.2) is 4.79 Å². The summed E-state index contributed by atoms with van der Waals surface area (Å²) in [4.78, 5) is 20.8. The molecule has 158 valence electrons. The standard InChI is InChI=1S/C18H35N5O3.HI/c1-18(2,3)26-17(24)23(15-5-6-15)10-8-21-16(19)20-7-4-9-22-11-13-25-14-12-22;/h15H,4-14H2,1-3H3,(H3,19,20,21);1H. The predicted octanol–water partition coefficient (Wildman–Crippen LogP) is 1.63. The van der Waals surface area contributed by atoms with Crippen molar-refractivity contribution in [2.24, 2.45) is 10.7 Å². The van der Waals surface area contributed by atoms with Crippen LogP contribution in [-0.4, -0.2) is 86.0 Å². The van der Waals surface area contributed by atoms with Gasteiger partial charge in [0.15, 0.2) is 5.96 Å². The van der Waals surface area contributed by atoms with Crippen molar-refractivity contribution in [3.05, 3.63) is 0 Å². The molecule has 0 aromatic carbocycles. The van der Waals surface area contributed by atoms with Crippen molar-refractivity contribution in [1.82, 2.24) is 15.1 Å². The third-order valence-corrected chi connectivity index (χ3v) is 4.29. The lowest BCUT2D eigenvalue weighted by molar-refractivity contribution is 0.0238. The predicted molar refractivity (Wildman–Crippen MR) is 118 cm³/mol. The van der Waals surface area contributed by atoms with Crippen LogP contribution in [0.3, 0.4) is 0 Å². The highest BCUT2D eigenvalue weighted by atomic mass is 127. The molecule has 9 heteroatoms. The molecule has 2 aliphatic rings. The number of hydrogen-bond donors (Lipinski definition) is 2. The van der Waals surface area contributed by atoms with Crippen LogP contribution in [0.5, 0.6) is 0 Å². The van der Waals surface area contributed by atoms with E-state index in [9.17, 15) is 4.79 Å². The zero-order valence-corrected chi connectivity index (χ0v) is 19.2. The van der Waals surface area contributed by atoms with E-state index in [4.69, 9.17) is 15.2 Å². The molecule has 1 aliphatic heterocycles. The van der Waals surface area contributed by atoms with Gasteiger partial charge in [0.25, 0.3) is 0 Å². The maximum absolute atomic E-state index is 12.3. The van der Waals surface area contributed by atoms with Gasteiger partial charge in [0.1, 0.15) is 5.60 Å². The maximum atomic E-state index is 12.3. The highest BCUT2D eigenvalue weighted by molar-refractivity contribution is 14.0. The first-order valence-electron chi connectivity index (χ1n) is 9.68. The monoisotopic (exact) mass is 497 g/mol. The summed E-state index contributed by atoms with van der Waals surface area (Å²) in [6.07, 6.45) is 2.83. The molecular formula is C18H36IN5O3. The Bertz CT molecular complexity index is 474. The molecule has 0 aromatic rings. The Morgan fingerprint density at radius 2 is 2.00 bits per heavy atom. The van der Waals surface area contributed by atoms with E-state index in [0.717, 1.165) is 52.1 Å². The third kappa shape index (κ3) is 10.3. The van der Waals surface area contributed by atoms with Gasteiger partial charge in [0.05, 0.1) is 13.2 Å². The quantitative estimate of drug-likeness (QED) is 0.229. The molecule has 3 N–H and O–H groups in total. The number of hydrogen-bond acceptors (Lipinski definition) is 5. The number of nitrogens with one attached hydrogen (secondary N) is 1. The first kappa shape index (κ1) is 24.2. The van der Waals surface area contributed by atoms with Crippen LogP contribution < -0.4 is 11.1 Å². The number of ether oxygens (including phenoxy) is 2. The summed E-state index contributed by atoms with van der Waals surface area (Å²) in [7, 11) is 0. The van der Waals surface area contributed by atoms with Crippen LogP contribution in [0.4, 0.5) is 4.79 Å². The van der Waals surface area contributed by atoms with Gasteiger partial charge in [0, 0.05) is 45.3 Å². The van der Waals surface area contributed by atoms with E-state index in [1.54, 1.807) is 4.90 Å². The van der Waals surface area contributed by atoms with E-state index in [-0.39, 0.29) is 30.1 Å². The number of halogens is 1. The van der Waals surface area contributed by atoms with Crippen molar-refractivity contribution < 1.29 is 14.3 Å². The van der Waals surface area contributed by atoms with Crippen molar-refractivity contribution in [2.75, 3.05) is 52.5 Å². The number of nitrogens with zero attached hydrogens (tertiary/aromatic N) is 3. The number of carbonyl (C=O) groups is 1. The molecule has 0 bridgehead atoms. The summed E-state index contributed by atoms with van der Waals surface area (Å²) in [6, 6.07) is 0.304. The fourth-order valence-corrected chi connectivity index (χ4v) is 2.81. The highest BCUT2D eigenvalue weighted by Gasteiger charge is 2.34. The lowest BCUT2D eigenvalue weighted by Gasteiger charge is -2.27. The van der Waals surface area contributed by atoms with Crippen LogP contribution >= 0.6 is 24.0 Å². The summed E-state index contributed by atoms with van der Waals surface area (Å²) in [5, 5.41) is 3.10. The molecule has 0 unspecified atom stereocenters. The van der Waals surface area contributed by atoms with Gasteiger partial charge in [-0.15, -0.1) is 24.0 Å². The summed E-state index contributed by atoms with van der Waals surface area (Å²) < 4.78 is 10.8. The smallest absolute Gasteiger partial charge is 0.410 e. The minimum absolute atomic E-state index is 0. The second-order valence-electron chi connectivity index (χ2n) is 7.91. The number of rotatable bonds is 8. The summed E-state index contributed by atoms with van der Waals surface area (Å²) in [6.45, 7) is 12.2. The molecule has 1 aliphatic carbocycles. The molecule has 8 nitrogen and oxygen atoms in total. The summed E-state index contributed by atoms with van der Waals surface area (Å²) >= 11 is 0. The van der Waals surface area contributed by atoms with Gasteiger partial charge in [-0.3, -0.25) is 9.89 Å². The maximum Gasteiger partial charge on any atom is 0.410 e. The van der Waals surface area contributed by atoms with Gasteiger partial charge in [-0.05, 0) is 40.0 Å². The molecular weight excluding hydrogens is 461 g/mol. The Kier molecular flexibility index (Phi) is 10.7. The molecule has 0 spiro atoms. The van der Waals surface area contributed by atoms with Crippen LogP contribution in [0.2, 0.25) is 0 Å². The van der Waals surface area contributed by atoms with Crippen molar-refractivity contribution >= 4 is 36.0 Å². The number of carbonyl (C=O) groups excluding carboxylic acids is 1. The van der Waals surface area contributed by atoms with Crippen LogP contribution in [0.1, 0.15) is 40.0 Å². The van der Waals surface area contributed by atoms with Gasteiger partial charge < -0.3 is 25.4 Å². The number of amides is 1. The number of aliphatic imine (C=N–C) groups is 1. The Morgan fingerprint density at radius 3 is 2.59 bits per heavy atom. The van der Waals surface area contributed by atoms with Crippen LogP contribution in [-0.2, 0) is 9.47 Å². The van der Waals surface area contributed by atoms with Crippen LogP contribution in [0.15, 0.2) is 4.99 Å². The van der Waals surface area contributed by atoms with E-state index in [0.29, 0.717) is 31.6 Å². The van der Waals surface area contributed by atoms with Crippen LogP contribution in [0, 0.1) is 0 Å². The molecule has 2 fully saturated rings. The fraction of sp³-hybridized carbons (Fsp3) is 0.889. The highest BCUT2D eigenvalue weighted by Crippen LogP contribution is 2.27. The molecule has 0 atom stereocenters. The lowest BCUT2D eigenvalue weighted by atomic mass is 10.2. The van der Waals surface area contributed by atoms with Crippen LogP contribution in [0.25, 0.3) is 0 Å². The zero-order valence-electron chi connectivity index (χ0n) is 16.9. The Hall–Kier alpha value is -0.810. The summed E-state index contributed by atoms with van der Waals surface area (Å²) in [5.74, 6) is 0.437. The van der Waals surface area contributed by atoms with Crippen molar-refractivity contribution in [3.8, 4) is 0 Å². The Morgan fingerprint density at radius 1 is 1.33 bits per heavy atom. The van der Waals surface area contributed by atoms with Gasteiger partial charge in [-0.2, -0.15) is 0 Å². The third-order valence-electron chi connectivity index (χ3n) is 4.29. The average Bonchev–Trinajstić information content (AvgIpc) is 3.39. The van der Waals surface area contributed by atoms with E-state index in [1.165, 1.54) is 0 Å². The fourth-order valence-electron chi connectivity index (χ4n) is 2.81. The molecule has 27 heavy (non-hydrogen) atoms. The minimum atomic E-state index is -0.474. The molecule has 1 amide bonds. The topological polar surface area (TPSA) is 92.4 Å². The molecule has 0 aromatic heterocycles. The molecule has 1 heterocycles. The summed E-state index contributed by atoms with van der Waals surface area (Å²) in [5.41, 5.74) is 5.45. The lowest BCUT2D eigenvalue weighted by Crippen LogP contribution is -2.44. The zero-order chi connectivity index (χ0) is 19.0. The molecule has 2 rings (SSSR count). The van der Waals surface area contributed by atoms with Crippen molar-refractivity contribution in [1.29, 1.82) is 0 Å². The minimum Gasteiger partial charge on any atom is -0.444 e. The Balaban J connectivity index is 0.00000364. The van der Waals surface area contributed by atoms with E-state index in [1.807, 2.05) is 20.8 Å². The molecule has 0 radical (unpaired) electrons. The number of guanidine groups is 1. The Labute approximate surface area is 180 Å². The van der Waals surface area contributed by atoms with Gasteiger partial charge >= 0.3 is 6.09 Å². The first-order valence-corrected chi connectivity index (χ1v) is 9.68. The number of nitrogens with two attached hydrogens (primary N) is 1. The second kappa shape index (κ2) is 11.9. The SMILES string of the molecule is CC(C)(C)OC(=O)N(CCNC(N)=NCCCN1CCOCC1)C1CC1.I. The van der Waals surface area contributed by atoms with Crippen molar-refractivity contribution in [2.45, 2.75) is 51.7 Å². The largest absolute Gasteiger partial charge is 0.444 e. The molecule has 1 saturated heterocycles.